The van der Waals surface area contributed by atoms with Crippen molar-refractivity contribution < 1.29 is 4.79 Å². The second-order valence-corrected chi connectivity index (χ2v) is 4.65. The van der Waals surface area contributed by atoms with Crippen molar-refractivity contribution in [3.05, 3.63) is 12.7 Å². The minimum Gasteiger partial charge on any atom is -0.329 e. The molecule has 3 heteroatoms. The van der Waals surface area contributed by atoms with Gasteiger partial charge in [0.1, 0.15) is 0 Å². The number of nitrogens with zero attached hydrogens (tertiary/aromatic N) is 1. The maximum atomic E-state index is 11.1. The van der Waals surface area contributed by atoms with Gasteiger partial charge in [-0.1, -0.05) is 26.8 Å². The molecule has 1 amide bonds. The topological polar surface area (TPSA) is 20.3 Å². The van der Waals surface area contributed by atoms with Gasteiger partial charge in [0, 0.05) is 13.1 Å². The van der Waals surface area contributed by atoms with Gasteiger partial charge >= 0.3 is 5.37 Å². The lowest BCUT2D eigenvalue weighted by molar-refractivity contribution is 0.188. The first-order valence-corrected chi connectivity index (χ1v) is 5.36. The van der Waals surface area contributed by atoms with Crippen molar-refractivity contribution in [2.45, 2.75) is 33.6 Å². The van der Waals surface area contributed by atoms with Crippen LogP contribution >= 0.6 is 11.6 Å². The Bertz CT molecular complexity index is 201. The number of allylic oxidation sites excluding steroid dienone is 1. The third kappa shape index (κ3) is 5.28. The molecule has 0 saturated heterocycles. The van der Waals surface area contributed by atoms with Gasteiger partial charge in [0.25, 0.3) is 0 Å². The molecule has 0 aromatic rings. The maximum Gasteiger partial charge on any atom is 0.316 e. The summed E-state index contributed by atoms with van der Waals surface area (Å²) in [5.74, 6) is 0. The molecule has 0 aromatic carbocycles. The van der Waals surface area contributed by atoms with Crippen LogP contribution in [0.2, 0.25) is 0 Å². The number of hydrogen-bond acceptors (Lipinski definition) is 1. The van der Waals surface area contributed by atoms with Gasteiger partial charge in [0.15, 0.2) is 0 Å². The highest BCUT2D eigenvalue weighted by Crippen LogP contribution is 2.22. The average Bonchev–Trinajstić information content (AvgIpc) is 2.02. The van der Waals surface area contributed by atoms with Crippen molar-refractivity contribution in [1.29, 1.82) is 0 Å². The summed E-state index contributed by atoms with van der Waals surface area (Å²) >= 11 is 5.49. The first-order chi connectivity index (χ1) is 6.43. The second-order valence-electron chi connectivity index (χ2n) is 4.33. The minimum atomic E-state index is -0.357. The largest absolute Gasteiger partial charge is 0.329 e. The van der Waals surface area contributed by atoms with Crippen LogP contribution in [0.5, 0.6) is 0 Å². The summed E-state index contributed by atoms with van der Waals surface area (Å²) in [5.41, 5.74) is 0.0570. The molecule has 0 spiro atoms. The Labute approximate surface area is 91.9 Å². The van der Waals surface area contributed by atoms with E-state index in [0.717, 1.165) is 19.4 Å². The standard InChI is InChI=1S/C11H20ClNO/c1-5-7-11(3,4)9-13(8-6-2)10(12)14/h5H,1,6-9H2,2-4H3. The normalized spacial score (nSPS) is 11.1. The Morgan fingerprint density at radius 1 is 1.57 bits per heavy atom. The summed E-state index contributed by atoms with van der Waals surface area (Å²) in [6.45, 7) is 11.4. The van der Waals surface area contributed by atoms with Gasteiger partial charge in [-0.15, -0.1) is 6.58 Å². The minimum absolute atomic E-state index is 0.0570. The van der Waals surface area contributed by atoms with E-state index < -0.39 is 0 Å². The van der Waals surface area contributed by atoms with Gasteiger partial charge in [0.2, 0.25) is 0 Å². The van der Waals surface area contributed by atoms with Gasteiger partial charge in [-0.25, -0.2) is 0 Å². The van der Waals surface area contributed by atoms with Crippen LogP contribution in [-0.2, 0) is 0 Å². The molecule has 0 saturated carbocycles. The van der Waals surface area contributed by atoms with Crippen molar-refractivity contribution in [3.8, 4) is 0 Å². The van der Waals surface area contributed by atoms with Crippen molar-refractivity contribution in [2.75, 3.05) is 13.1 Å². The van der Waals surface area contributed by atoms with Crippen LogP contribution in [0.25, 0.3) is 0 Å². The molecule has 0 fully saturated rings. The van der Waals surface area contributed by atoms with Gasteiger partial charge in [-0.05, 0) is 29.9 Å². The van der Waals surface area contributed by atoms with E-state index in [1.165, 1.54) is 0 Å². The highest BCUT2D eigenvalue weighted by atomic mass is 35.5. The molecule has 0 aliphatic heterocycles. The van der Waals surface area contributed by atoms with Crippen molar-refractivity contribution >= 4 is 17.0 Å². The highest BCUT2D eigenvalue weighted by Gasteiger charge is 2.22. The van der Waals surface area contributed by atoms with E-state index in [0.29, 0.717) is 6.54 Å². The Kier molecular flexibility index (Phi) is 5.86. The summed E-state index contributed by atoms with van der Waals surface area (Å²) in [7, 11) is 0. The lowest BCUT2D eigenvalue weighted by atomic mass is 9.89. The van der Waals surface area contributed by atoms with Crippen LogP contribution in [0.3, 0.4) is 0 Å². The number of halogens is 1. The summed E-state index contributed by atoms with van der Waals surface area (Å²) in [4.78, 5) is 12.8. The average molecular weight is 218 g/mol. The molecule has 82 valence electrons. The molecule has 0 atom stereocenters. The van der Waals surface area contributed by atoms with Crippen LogP contribution in [0.4, 0.5) is 4.79 Å². The first-order valence-electron chi connectivity index (χ1n) is 4.98. The van der Waals surface area contributed by atoms with E-state index in [2.05, 4.69) is 20.4 Å². The highest BCUT2D eigenvalue weighted by molar-refractivity contribution is 6.62. The molecule has 0 radical (unpaired) electrons. The van der Waals surface area contributed by atoms with E-state index in [1.54, 1.807) is 4.90 Å². The van der Waals surface area contributed by atoms with Crippen LogP contribution < -0.4 is 0 Å². The molecule has 0 N–H and O–H groups in total. The third-order valence-corrected chi connectivity index (χ3v) is 2.30. The van der Waals surface area contributed by atoms with Crippen LogP contribution in [-0.4, -0.2) is 23.4 Å². The zero-order valence-electron chi connectivity index (χ0n) is 9.35. The van der Waals surface area contributed by atoms with E-state index in [-0.39, 0.29) is 10.8 Å². The number of carbonyl (C=O) groups is 1. The molecule has 0 rings (SSSR count). The molecule has 0 bridgehead atoms. The maximum absolute atomic E-state index is 11.1. The molecule has 0 aromatic heterocycles. The van der Waals surface area contributed by atoms with Crippen molar-refractivity contribution in [3.63, 3.8) is 0 Å². The fraction of sp³-hybridized carbons (Fsp3) is 0.727. The summed E-state index contributed by atoms with van der Waals surface area (Å²) in [6.07, 6.45) is 3.70. The van der Waals surface area contributed by atoms with Gasteiger partial charge < -0.3 is 4.90 Å². The summed E-state index contributed by atoms with van der Waals surface area (Å²) in [5, 5.41) is -0.357. The number of hydrogen-bond donors (Lipinski definition) is 0. The van der Waals surface area contributed by atoms with Gasteiger partial charge in [-0.3, -0.25) is 4.79 Å². The van der Waals surface area contributed by atoms with E-state index in [1.807, 2.05) is 13.0 Å². The zero-order valence-corrected chi connectivity index (χ0v) is 10.1. The number of rotatable bonds is 6. The molecule has 0 aliphatic carbocycles. The van der Waals surface area contributed by atoms with Crippen LogP contribution in [0, 0.1) is 5.41 Å². The molecule has 14 heavy (non-hydrogen) atoms. The smallest absolute Gasteiger partial charge is 0.316 e. The van der Waals surface area contributed by atoms with Gasteiger partial charge in [0.05, 0.1) is 0 Å². The Balaban J connectivity index is 4.26. The molecule has 0 aliphatic rings. The Morgan fingerprint density at radius 3 is 2.50 bits per heavy atom. The molecule has 0 unspecified atom stereocenters. The van der Waals surface area contributed by atoms with E-state index >= 15 is 0 Å². The summed E-state index contributed by atoms with van der Waals surface area (Å²) < 4.78 is 0. The fourth-order valence-corrected chi connectivity index (χ4v) is 1.62. The van der Waals surface area contributed by atoms with Gasteiger partial charge in [-0.2, -0.15) is 0 Å². The van der Waals surface area contributed by atoms with E-state index in [9.17, 15) is 4.79 Å². The van der Waals surface area contributed by atoms with Crippen molar-refractivity contribution in [1.82, 2.24) is 4.90 Å². The predicted molar refractivity (Wildman–Crippen MR) is 61.7 cm³/mol. The van der Waals surface area contributed by atoms with Crippen LogP contribution in [0.15, 0.2) is 12.7 Å². The SMILES string of the molecule is C=CCC(C)(C)CN(CCC)C(=O)Cl. The number of carbonyl (C=O) groups excluding carboxylic acids is 1. The summed E-state index contributed by atoms with van der Waals surface area (Å²) in [6, 6.07) is 0. The first kappa shape index (κ1) is 13.5. The lowest BCUT2D eigenvalue weighted by Gasteiger charge is -2.30. The molecular weight excluding hydrogens is 198 g/mol. The van der Waals surface area contributed by atoms with Crippen LogP contribution in [0.1, 0.15) is 33.6 Å². The molecule has 0 heterocycles. The van der Waals surface area contributed by atoms with Crippen molar-refractivity contribution in [2.24, 2.45) is 5.41 Å². The second kappa shape index (κ2) is 6.07. The number of amides is 1. The predicted octanol–water partition coefficient (Wildman–Crippen LogP) is 3.66. The molecule has 2 nitrogen and oxygen atoms in total. The Hall–Kier alpha value is -0.500. The monoisotopic (exact) mass is 217 g/mol. The zero-order chi connectivity index (χ0) is 11.2. The lowest BCUT2D eigenvalue weighted by Crippen LogP contribution is -2.36. The quantitative estimate of drug-likeness (QED) is 0.378. The fourth-order valence-electron chi connectivity index (χ4n) is 1.47. The third-order valence-electron chi connectivity index (χ3n) is 2.06. The van der Waals surface area contributed by atoms with E-state index in [4.69, 9.17) is 11.6 Å². The molecular formula is C11H20ClNO. The Morgan fingerprint density at radius 2 is 2.14 bits per heavy atom.